The Kier molecular flexibility index (Phi) is 6.75. The van der Waals surface area contributed by atoms with Crippen LogP contribution in [0.15, 0.2) is 29.2 Å². The van der Waals surface area contributed by atoms with Gasteiger partial charge in [0.25, 0.3) is 0 Å². The van der Waals surface area contributed by atoms with E-state index in [0.717, 1.165) is 11.3 Å². The summed E-state index contributed by atoms with van der Waals surface area (Å²) in [5, 5.41) is 2.84. The van der Waals surface area contributed by atoms with Crippen LogP contribution in [0.3, 0.4) is 0 Å². The van der Waals surface area contributed by atoms with E-state index in [4.69, 9.17) is 5.73 Å². The predicted octanol–water partition coefficient (Wildman–Crippen LogP) is 2.02. The SMILES string of the molecule is CC(CSc1ccc(F)cc1)C(=O)NCCCN. The molecule has 0 bridgehead atoms. The maximum absolute atomic E-state index is 12.7. The van der Waals surface area contributed by atoms with Gasteiger partial charge >= 0.3 is 0 Å². The highest BCUT2D eigenvalue weighted by molar-refractivity contribution is 7.99. The van der Waals surface area contributed by atoms with Crippen molar-refractivity contribution in [1.82, 2.24) is 5.32 Å². The average Bonchev–Trinajstić information content (AvgIpc) is 2.38. The molecule has 1 amide bonds. The minimum atomic E-state index is -0.244. The Morgan fingerprint density at radius 3 is 2.72 bits per heavy atom. The molecule has 1 aromatic rings. The molecule has 0 aromatic heterocycles. The normalized spacial score (nSPS) is 12.2. The van der Waals surface area contributed by atoms with Gasteiger partial charge in [-0.3, -0.25) is 4.79 Å². The molecule has 18 heavy (non-hydrogen) atoms. The minimum Gasteiger partial charge on any atom is -0.356 e. The molecule has 3 nitrogen and oxygen atoms in total. The molecule has 0 spiro atoms. The predicted molar refractivity (Wildman–Crippen MR) is 73.0 cm³/mol. The van der Waals surface area contributed by atoms with E-state index in [1.165, 1.54) is 12.1 Å². The van der Waals surface area contributed by atoms with Gasteiger partial charge in [-0.25, -0.2) is 4.39 Å². The molecule has 0 aliphatic carbocycles. The summed E-state index contributed by atoms with van der Waals surface area (Å²) in [6.07, 6.45) is 0.795. The summed E-state index contributed by atoms with van der Waals surface area (Å²) < 4.78 is 12.7. The number of hydrogen-bond donors (Lipinski definition) is 2. The Morgan fingerprint density at radius 2 is 2.11 bits per heavy atom. The van der Waals surface area contributed by atoms with Crippen molar-refractivity contribution < 1.29 is 9.18 Å². The molecule has 0 fully saturated rings. The number of carbonyl (C=O) groups excluding carboxylic acids is 1. The number of carbonyl (C=O) groups is 1. The van der Waals surface area contributed by atoms with Crippen molar-refractivity contribution >= 4 is 17.7 Å². The second-order valence-corrected chi connectivity index (χ2v) is 5.19. The lowest BCUT2D eigenvalue weighted by atomic mass is 10.2. The Balaban J connectivity index is 2.29. The van der Waals surface area contributed by atoms with Crippen molar-refractivity contribution in [3.63, 3.8) is 0 Å². The average molecular weight is 270 g/mol. The van der Waals surface area contributed by atoms with Crippen LogP contribution in [-0.2, 0) is 4.79 Å². The molecule has 5 heteroatoms. The van der Waals surface area contributed by atoms with Gasteiger partial charge in [-0.05, 0) is 37.2 Å². The smallest absolute Gasteiger partial charge is 0.223 e. The van der Waals surface area contributed by atoms with E-state index in [1.54, 1.807) is 23.9 Å². The highest BCUT2D eigenvalue weighted by atomic mass is 32.2. The molecule has 3 N–H and O–H groups in total. The lowest BCUT2D eigenvalue weighted by Gasteiger charge is -2.11. The first-order valence-electron chi connectivity index (χ1n) is 5.99. The third kappa shape index (κ3) is 5.51. The monoisotopic (exact) mass is 270 g/mol. The van der Waals surface area contributed by atoms with Crippen molar-refractivity contribution in [1.29, 1.82) is 0 Å². The van der Waals surface area contributed by atoms with Gasteiger partial charge in [-0.2, -0.15) is 0 Å². The minimum absolute atomic E-state index is 0.0399. The van der Waals surface area contributed by atoms with Crippen LogP contribution >= 0.6 is 11.8 Å². The number of thioether (sulfide) groups is 1. The zero-order valence-electron chi connectivity index (χ0n) is 10.5. The van der Waals surface area contributed by atoms with E-state index in [2.05, 4.69) is 5.32 Å². The van der Waals surface area contributed by atoms with E-state index < -0.39 is 0 Å². The molecule has 0 aliphatic rings. The molecule has 1 atom stereocenters. The summed E-state index contributed by atoms with van der Waals surface area (Å²) in [4.78, 5) is 12.6. The quantitative estimate of drug-likeness (QED) is 0.589. The largest absolute Gasteiger partial charge is 0.356 e. The first kappa shape index (κ1) is 15.0. The number of nitrogens with two attached hydrogens (primary N) is 1. The fourth-order valence-corrected chi connectivity index (χ4v) is 2.24. The van der Waals surface area contributed by atoms with Gasteiger partial charge in [-0.15, -0.1) is 11.8 Å². The molecule has 1 aromatic carbocycles. The van der Waals surface area contributed by atoms with Crippen LogP contribution in [0.25, 0.3) is 0 Å². The first-order chi connectivity index (χ1) is 8.63. The molecule has 0 radical (unpaired) electrons. The summed E-state index contributed by atoms with van der Waals surface area (Å²) in [5.74, 6) is 0.405. The third-order valence-electron chi connectivity index (χ3n) is 2.44. The van der Waals surface area contributed by atoms with E-state index in [0.29, 0.717) is 18.8 Å². The standard InChI is InChI=1S/C13H19FN2OS/c1-10(13(17)16-8-2-7-15)9-18-12-5-3-11(14)4-6-12/h3-6,10H,2,7-9,15H2,1H3,(H,16,17). The highest BCUT2D eigenvalue weighted by Crippen LogP contribution is 2.20. The van der Waals surface area contributed by atoms with Gasteiger partial charge in [0.15, 0.2) is 0 Å². The van der Waals surface area contributed by atoms with Crippen molar-refractivity contribution in [3.05, 3.63) is 30.1 Å². The molecule has 0 heterocycles. The van der Waals surface area contributed by atoms with E-state index >= 15 is 0 Å². The molecular formula is C13H19FN2OS. The van der Waals surface area contributed by atoms with Crippen LogP contribution in [0, 0.1) is 11.7 Å². The number of halogens is 1. The van der Waals surface area contributed by atoms with Gasteiger partial charge in [-0.1, -0.05) is 6.92 Å². The molecule has 1 rings (SSSR count). The maximum Gasteiger partial charge on any atom is 0.223 e. The zero-order valence-corrected chi connectivity index (χ0v) is 11.3. The van der Waals surface area contributed by atoms with Crippen LogP contribution in [0.5, 0.6) is 0 Å². The fourth-order valence-electron chi connectivity index (χ4n) is 1.32. The van der Waals surface area contributed by atoms with Gasteiger partial charge in [0.2, 0.25) is 5.91 Å². The fraction of sp³-hybridized carbons (Fsp3) is 0.462. The molecule has 0 saturated carbocycles. The van der Waals surface area contributed by atoms with Gasteiger partial charge in [0, 0.05) is 23.1 Å². The zero-order chi connectivity index (χ0) is 13.4. The summed E-state index contributed by atoms with van der Waals surface area (Å²) in [6, 6.07) is 6.29. The Bertz CT molecular complexity index is 370. The second-order valence-electron chi connectivity index (χ2n) is 4.10. The Hall–Kier alpha value is -1.07. The van der Waals surface area contributed by atoms with Crippen molar-refractivity contribution in [2.45, 2.75) is 18.2 Å². The molecular weight excluding hydrogens is 251 g/mol. The van der Waals surface area contributed by atoms with Crippen LogP contribution < -0.4 is 11.1 Å². The van der Waals surface area contributed by atoms with Crippen LogP contribution in [0.1, 0.15) is 13.3 Å². The lowest BCUT2D eigenvalue weighted by molar-refractivity contribution is -0.123. The Morgan fingerprint density at radius 1 is 1.44 bits per heavy atom. The van der Waals surface area contributed by atoms with Crippen LogP contribution in [0.4, 0.5) is 4.39 Å². The van der Waals surface area contributed by atoms with Crippen molar-refractivity contribution in [3.8, 4) is 0 Å². The summed E-state index contributed by atoms with van der Waals surface area (Å²) in [7, 11) is 0. The highest BCUT2D eigenvalue weighted by Gasteiger charge is 2.12. The Labute approximate surface area is 111 Å². The first-order valence-corrected chi connectivity index (χ1v) is 6.98. The number of nitrogens with one attached hydrogen (secondary N) is 1. The van der Waals surface area contributed by atoms with E-state index in [9.17, 15) is 9.18 Å². The van der Waals surface area contributed by atoms with Crippen LogP contribution in [-0.4, -0.2) is 24.7 Å². The summed E-state index contributed by atoms with van der Waals surface area (Å²) >= 11 is 1.55. The molecule has 100 valence electrons. The van der Waals surface area contributed by atoms with Crippen molar-refractivity contribution in [2.24, 2.45) is 11.7 Å². The molecule has 0 saturated heterocycles. The van der Waals surface area contributed by atoms with Crippen molar-refractivity contribution in [2.75, 3.05) is 18.8 Å². The number of benzene rings is 1. The number of rotatable bonds is 7. The van der Waals surface area contributed by atoms with Crippen LogP contribution in [0.2, 0.25) is 0 Å². The lowest BCUT2D eigenvalue weighted by Crippen LogP contribution is -2.31. The summed E-state index contributed by atoms with van der Waals surface area (Å²) in [5.41, 5.74) is 5.35. The van der Waals surface area contributed by atoms with Gasteiger partial charge < -0.3 is 11.1 Å². The number of amides is 1. The summed E-state index contributed by atoms with van der Waals surface area (Å²) in [6.45, 7) is 3.09. The van der Waals surface area contributed by atoms with Gasteiger partial charge in [0.1, 0.15) is 5.82 Å². The van der Waals surface area contributed by atoms with E-state index in [1.807, 2.05) is 6.92 Å². The molecule has 1 unspecified atom stereocenters. The molecule has 0 aliphatic heterocycles. The van der Waals surface area contributed by atoms with E-state index in [-0.39, 0.29) is 17.6 Å². The number of hydrogen-bond acceptors (Lipinski definition) is 3. The topological polar surface area (TPSA) is 55.1 Å². The third-order valence-corrected chi connectivity index (χ3v) is 3.71. The maximum atomic E-state index is 12.7. The van der Waals surface area contributed by atoms with Gasteiger partial charge in [0.05, 0.1) is 0 Å². The second kappa shape index (κ2) is 8.11.